The van der Waals surface area contributed by atoms with Gasteiger partial charge in [0.2, 0.25) is 0 Å². The van der Waals surface area contributed by atoms with E-state index >= 15 is 0 Å². The maximum absolute atomic E-state index is 13.5. The van der Waals surface area contributed by atoms with Gasteiger partial charge in [-0.25, -0.2) is 0 Å². The van der Waals surface area contributed by atoms with Gasteiger partial charge in [-0.05, 0) is 56.2 Å². The van der Waals surface area contributed by atoms with Gasteiger partial charge in [0.25, 0.3) is 5.91 Å². The van der Waals surface area contributed by atoms with Crippen LogP contribution in [-0.4, -0.2) is 35.7 Å². The van der Waals surface area contributed by atoms with Crippen molar-refractivity contribution in [3.8, 4) is 16.9 Å². The normalized spacial score (nSPS) is 11.7. The van der Waals surface area contributed by atoms with Crippen molar-refractivity contribution in [2.24, 2.45) is 0 Å². The number of pyridine rings is 1. The number of aromatic nitrogens is 1. The fraction of sp³-hybridized carbons (Fsp3) is 0.269. The summed E-state index contributed by atoms with van der Waals surface area (Å²) < 4.78 is 5.87. The van der Waals surface area contributed by atoms with Gasteiger partial charge in [0.15, 0.2) is 0 Å². The number of nitrogen functional groups attached to an aromatic ring is 1. The highest BCUT2D eigenvalue weighted by Gasteiger charge is 2.25. The second-order valence-electron chi connectivity index (χ2n) is 7.77. The monoisotopic (exact) mass is 464 g/mol. The SMILES string of the molecule is CCOc1cc(C(=O)N(C)C(CC)c2cnc(C)c(C=N)c2N)ccc1-c1cccc(Cl)c1. The largest absolute Gasteiger partial charge is 0.493 e. The third-order valence-corrected chi connectivity index (χ3v) is 5.97. The van der Waals surface area contributed by atoms with Gasteiger partial charge in [-0.2, -0.15) is 0 Å². The number of benzene rings is 2. The van der Waals surface area contributed by atoms with E-state index in [0.717, 1.165) is 16.7 Å². The van der Waals surface area contributed by atoms with Crippen LogP contribution in [0.2, 0.25) is 5.02 Å². The standard InChI is InChI=1S/C26H29ClN4O2/c1-5-23(22-15-30-16(3)21(14-28)25(22)29)31(4)26(32)18-10-11-20(24(13-18)33-6-2)17-8-7-9-19(27)12-17/h7-15,23,28H,5-6H2,1-4H3,(H2,29,30). The molecule has 1 heterocycles. The topological polar surface area (TPSA) is 92.3 Å². The molecule has 3 N–H and O–H groups in total. The Morgan fingerprint density at radius 3 is 2.67 bits per heavy atom. The summed E-state index contributed by atoms with van der Waals surface area (Å²) in [5.74, 6) is 0.464. The summed E-state index contributed by atoms with van der Waals surface area (Å²) in [6.45, 7) is 6.18. The lowest BCUT2D eigenvalue weighted by atomic mass is 9.98. The lowest BCUT2D eigenvalue weighted by Gasteiger charge is -2.29. The van der Waals surface area contributed by atoms with Gasteiger partial charge in [-0.3, -0.25) is 9.78 Å². The summed E-state index contributed by atoms with van der Waals surface area (Å²) in [7, 11) is 1.76. The Morgan fingerprint density at radius 2 is 2.03 bits per heavy atom. The van der Waals surface area contributed by atoms with Crippen molar-refractivity contribution in [2.45, 2.75) is 33.2 Å². The zero-order valence-electron chi connectivity index (χ0n) is 19.4. The summed E-state index contributed by atoms with van der Waals surface area (Å²) in [5.41, 5.74) is 11.1. The summed E-state index contributed by atoms with van der Waals surface area (Å²) in [6.07, 6.45) is 3.55. The van der Waals surface area contributed by atoms with Crippen LogP contribution in [0.4, 0.5) is 5.69 Å². The van der Waals surface area contributed by atoms with Crippen LogP contribution in [0.15, 0.2) is 48.7 Å². The molecule has 7 heteroatoms. The fourth-order valence-corrected chi connectivity index (χ4v) is 4.17. The minimum atomic E-state index is -0.285. The second-order valence-corrected chi connectivity index (χ2v) is 8.20. The van der Waals surface area contributed by atoms with E-state index in [1.807, 2.05) is 51.1 Å². The molecule has 0 aliphatic rings. The third-order valence-electron chi connectivity index (χ3n) is 5.73. The maximum Gasteiger partial charge on any atom is 0.254 e. The maximum atomic E-state index is 13.5. The van der Waals surface area contributed by atoms with Crippen LogP contribution in [0.1, 0.15) is 53.5 Å². The number of amides is 1. The molecule has 3 aromatic rings. The van der Waals surface area contributed by atoms with E-state index in [1.54, 1.807) is 30.3 Å². The minimum Gasteiger partial charge on any atom is -0.493 e. The highest BCUT2D eigenvalue weighted by molar-refractivity contribution is 6.30. The Balaban J connectivity index is 1.98. The number of aryl methyl sites for hydroxylation is 1. The van der Waals surface area contributed by atoms with Crippen molar-refractivity contribution in [3.63, 3.8) is 0 Å². The number of carbonyl (C=O) groups is 1. The van der Waals surface area contributed by atoms with Crippen LogP contribution in [-0.2, 0) is 0 Å². The number of rotatable bonds is 8. The molecule has 0 saturated heterocycles. The minimum absolute atomic E-state index is 0.156. The molecule has 1 amide bonds. The fourth-order valence-electron chi connectivity index (χ4n) is 3.98. The number of halogens is 1. The van der Waals surface area contributed by atoms with Gasteiger partial charge >= 0.3 is 0 Å². The van der Waals surface area contributed by atoms with Crippen molar-refractivity contribution < 1.29 is 9.53 Å². The van der Waals surface area contributed by atoms with Crippen LogP contribution in [0, 0.1) is 12.3 Å². The van der Waals surface area contributed by atoms with Gasteiger partial charge in [-0.1, -0.05) is 30.7 Å². The summed E-state index contributed by atoms with van der Waals surface area (Å²) in [4.78, 5) is 19.5. The molecular weight excluding hydrogens is 436 g/mol. The third kappa shape index (κ3) is 5.01. The quantitative estimate of drug-likeness (QED) is 0.405. The van der Waals surface area contributed by atoms with Crippen molar-refractivity contribution >= 4 is 29.4 Å². The molecule has 0 saturated carbocycles. The lowest BCUT2D eigenvalue weighted by Crippen LogP contribution is -2.31. The van der Waals surface area contributed by atoms with Gasteiger partial charge in [0, 0.05) is 58.1 Å². The van der Waals surface area contributed by atoms with E-state index in [1.165, 1.54) is 6.21 Å². The van der Waals surface area contributed by atoms with Crippen molar-refractivity contribution in [1.29, 1.82) is 5.41 Å². The van der Waals surface area contributed by atoms with E-state index in [0.29, 0.717) is 46.3 Å². The molecule has 6 nitrogen and oxygen atoms in total. The van der Waals surface area contributed by atoms with E-state index in [-0.39, 0.29) is 11.9 Å². The first-order chi connectivity index (χ1) is 15.8. The van der Waals surface area contributed by atoms with E-state index in [2.05, 4.69) is 4.98 Å². The van der Waals surface area contributed by atoms with Crippen molar-refractivity contribution in [3.05, 3.63) is 76.1 Å². The van der Waals surface area contributed by atoms with E-state index < -0.39 is 0 Å². The summed E-state index contributed by atoms with van der Waals surface area (Å²) in [5, 5.41) is 8.30. The summed E-state index contributed by atoms with van der Waals surface area (Å²) >= 11 is 6.17. The average molecular weight is 465 g/mol. The molecule has 0 spiro atoms. The molecule has 0 bridgehead atoms. The molecule has 0 aliphatic heterocycles. The smallest absolute Gasteiger partial charge is 0.254 e. The molecule has 3 rings (SSSR count). The highest BCUT2D eigenvalue weighted by Crippen LogP contribution is 2.35. The predicted octanol–water partition coefficient (Wildman–Crippen LogP) is 5.91. The number of hydrogen-bond acceptors (Lipinski definition) is 5. The van der Waals surface area contributed by atoms with E-state index in [9.17, 15) is 4.79 Å². The highest BCUT2D eigenvalue weighted by atomic mass is 35.5. The number of nitrogens with zero attached hydrogens (tertiary/aromatic N) is 2. The Morgan fingerprint density at radius 1 is 1.27 bits per heavy atom. The molecule has 33 heavy (non-hydrogen) atoms. The molecule has 2 aromatic carbocycles. The predicted molar refractivity (Wildman–Crippen MR) is 134 cm³/mol. The lowest BCUT2D eigenvalue weighted by molar-refractivity contribution is 0.0726. The number of anilines is 1. The second kappa shape index (κ2) is 10.5. The molecule has 172 valence electrons. The molecule has 1 aromatic heterocycles. The van der Waals surface area contributed by atoms with Gasteiger partial charge < -0.3 is 20.8 Å². The number of nitrogens with two attached hydrogens (primary N) is 1. The first-order valence-electron chi connectivity index (χ1n) is 10.9. The molecule has 0 radical (unpaired) electrons. The van der Waals surface area contributed by atoms with Gasteiger partial charge in [0.05, 0.1) is 12.6 Å². The van der Waals surface area contributed by atoms with Crippen molar-refractivity contribution in [1.82, 2.24) is 9.88 Å². The number of hydrogen-bond donors (Lipinski definition) is 2. The van der Waals surface area contributed by atoms with Gasteiger partial charge in [-0.15, -0.1) is 0 Å². The molecule has 1 atom stereocenters. The molecular formula is C26H29ClN4O2. The number of nitrogens with one attached hydrogen (secondary N) is 1. The van der Waals surface area contributed by atoms with Crippen LogP contribution in [0.25, 0.3) is 11.1 Å². The van der Waals surface area contributed by atoms with Crippen LogP contribution < -0.4 is 10.5 Å². The first kappa shape index (κ1) is 24.3. The summed E-state index contributed by atoms with van der Waals surface area (Å²) in [6, 6.07) is 12.7. The van der Waals surface area contributed by atoms with Crippen LogP contribution in [0.3, 0.4) is 0 Å². The molecule has 1 unspecified atom stereocenters. The zero-order chi connectivity index (χ0) is 24.1. The Kier molecular flexibility index (Phi) is 7.71. The molecule has 0 fully saturated rings. The van der Waals surface area contributed by atoms with Crippen LogP contribution in [0.5, 0.6) is 5.75 Å². The Hall–Kier alpha value is -3.38. The average Bonchev–Trinajstić information content (AvgIpc) is 2.80. The first-order valence-corrected chi connectivity index (χ1v) is 11.2. The number of ether oxygens (including phenoxy) is 1. The molecule has 0 aliphatic carbocycles. The Labute approximate surface area is 199 Å². The number of carbonyl (C=O) groups excluding carboxylic acids is 1. The zero-order valence-corrected chi connectivity index (χ0v) is 20.1. The Bertz CT molecular complexity index is 1180. The van der Waals surface area contributed by atoms with Crippen molar-refractivity contribution in [2.75, 3.05) is 19.4 Å². The van der Waals surface area contributed by atoms with E-state index in [4.69, 9.17) is 27.5 Å². The van der Waals surface area contributed by atoms with Crippen LogP contribution >= 0.6 is 11.6 Å². The van der Waals surface area contributed by atoms with Gasteiger partial charge in [0.1, 0.15) is 5.75 Å².